The number of amides is 1. The van der Waals surface area contributed by atoms with Crippen molar-refractivity contribution in [3.05, 3.63) is 53.5 Å². The molecule has 1 aliphatic rings. The summed E-state index contributed by atoms with van der Waals surface area (Å²) in [5, 5.41) is 10.1. The number of hydrogen-bond acceptors (Lipinski definition) is 7. The van der Waals surface area contributed by atoms with Gasteiger partial charge in [-0.1, -0.05) is 5.16 Å². The minimum atomic E-state index is -0.196. The molecule has 0 saturated carbocycles. The number of hydrogen-bond donors (Lipinski definition) is 2. The van der Waals surface area contributed by atoms with Crippen LogP contribution in [0.2, 0.25) is 0 Å². The minimum absolute atomic E-state index is 0. The predicted molar refractivity (Wildman–Crippen MR) is 108 cm³/mol. The van der Waals surface area contributed by atoms with Crippen LogP contribution in [0, 0.1) is 5.92 Å². The second-order valence-corrected chi connectivity index (χ2v) is 6.77. The maximum Gasteiger partial charge on any atom is 0.293 e. The lowest BCUT2D eigenvalue weighted by molar-refractivity contribution is 0.0949. The highest BCUT2D eigenvalue weighted by Gasteiger charge is 2.19. The van der Waals surface area contributed by atoms with Crippen LogP contribution in [-0.2, 0) is 13.0 Å². The molecule has 2 aromatic heterocycles. The van der Waals surface area contributed by atoms with Gasteiger partial charge < -0.3 is 24.3 Å². The average molecular weight is 419 g/mol. The van der Waals surface area contributed by atoms with Gasteiger partial charge >= 0.3 is 0 Å². The van der Waals surface area contributed by atoms with Gasteiger partial charge in [-0.2, -0.15) is 4.98 Å². The average Bonchev–Trinajstić information content (AvgIpc) is 3.48. The zero-order valence-corrected chi connectivity index (χ0v) is 16.8. The first-order valence-electron chi connectivity index (χ1n) is 9.25. The fourth-order valence-corrected chi connectivity index (χ4v) is 3.37. The molecule has 1 unspecified atom stereocenters. The highest BCUT2D eigenvalue weighted by Crippen LogP contribution is 2.25. The van der Waals surface area contributed by atoms with E-state index < -0.39 is 0 Å². The molecule has 1 aliphatic heterocycles. The van der Waals surface area contributed by atoms with Crippen molar-refractivity contribution >= 4 is 18.3 Å². The Kier molecular flexibility index (Phi) is 6.90. The molecular formula is C20H23ClN4O4. The Balaban J connectivity index is 0.00000240. The van der Waals surface area contributed by atoms with Crippen molar-refractivity contribution in [3.63, 3.8) is 0 Å². The van der Waals surface area contributed by atoms with E-state index in [1.165, 1.54) is 6.26 Å². The van der Waals surface area contributed by atoms with Gasteiger partial charge in [-0.15, -0.1) is 12.4 Å². The van der Waals surface area contributed by atoms with E-state index in [1.807, 2.05) is 12.1 Å². The van der Waals surface area contributed by atoms with Crippen molar-refractivity contribution in [2.24, 2.45) is 5.92 Å². The van der Waals surface area contributed by atoms with Crippen LogP contribution in [-0.4, -0.2) is 36.2 Å². The summed E-state index contributed by atoms with van der Waals surface area (Å²) in [4.78, 5) is 16.8. The molecule has 3 aromatic rings. The maximum atomic E-state index is 12.6. The number of benzene rings is 1. The number of carbonyl (C=O) groups excluding carboxylic acids is 1. The Morgan fingerprint density at radius 3 is 3.00 bits per heavy atom. The van der Waals surface area contributed by atoms with E-state index in [9.17, 15) is 4.79 Å². The fourth-order valence-electron chi connectivity index (χ4n) is 3.37. The molecule has 4 rings (SSSR count). The van der Waals surface area contributed by atoms with E-state index in [2.05, 4.69) is 20.8 Å². The molecule has 29 heavy (non-hydrogen) atoms. The zero-order valence-electron chi connectivity index (χ0n) is 16.0. The van der Waals surface area contributed by atoms with E-state index in [0.717, 1.165) is 37.2 Å². The summed E-state index contributed by atoms with van der Waals surface area (Å²) in [6.07, 6.45) is 3.55. The largest absolute Gasteiger partial charge is 0.496 e. The van der Waals surface area contributed by atoms with E-state index in [4.69, 9.17) is 13.7 Å². The van der Waals surface area contributed by atoms with Crippen LogP contribution in [0.3, 0.4) is 0 Å². The molecule has 1 atom stereocenters. The number of aromatic nitrogens is 2. The van der Waals surface area contributed by atoms with Crippen molar-refractivity contribution in [1.82, 2.24) is 20.8 Å². The number of ether oxygens (including phenoxy) is 1. The first-order chi connectivity index (χ1) is 13.7. The SMILES string of the molecule is COc1ccc(C(=O)NCc2noc(-c3ccco3)n2)cc1CC1CCNC1.Cl. The molecular weight excluding hydrogens is 396 g/mol. The zero-order chi connectivity index (χ0) is 19.3. The first-order valence-corrected chi connectivity index (χ1v) is 9.25. The second-order valence-electron chi connectivity index (χ2n) is 6.77. The summed E-state index contributed by atoms with van der Waals surface area (Å²) in [7, 11) is 1.65. The van der Waals surface area contributed by atoms with Crippen molar-refractivity contribution in [2.75, 3.05) is 20.2 Å². The standard InChI is InChI=1S/C20H22N4O4.ClH/c1-26-16-5-4-14(10-15(16)9-13-6-7-21-11-13)19(25)22-12-18-23-20(28-24-18)17-3-2-8-27-17;/h2-5,8,10,13,21H,6-7,9,11-12H2,1H3,(H,22,25);1H. The Labute approximate surface area is 174 Å². The summed E-state index contributed by atoms with van der Waals surface area (Å²) in [5.74, 6) is 2.33. The summed E-state index contributed by atoms with van der Waals surface area (Å²) in [5.41, 5.74) is 1.63. The molecule has 0 aliphatic carbocycles. The Hall–Kier alpha value is -2.84. The van der Waals surface area contributed by atoms with E-state index in [0.29, 0.717) is 23.1 Å². The van der Waals surface area contributed by atoms with Crippen LogP contribution in [0.5, 0.6) is 5.75 Å². The molecule has 8 nitrogen and oxygen atoms in total. The van der Waals surface area contributed by atoms with Crippen LogP contribution >= 0.6 is 12.4 Å². The van der Waals surface area contributed by atoms with Crippen molar-refractivity contribution in [2.45, 2.75) is 19.4 Å². The van der Waals surface area contributed by atoms with Gasteiger partial charge in [0.1, 0.15) is 5.75 Å². The van der Waals surface area contributed by atoms with Gasteiger partial charge in [-0.25, -0.2) is 0 Å². The van der Waals surface area contributed by atoms with Crippen molar-refractivity contribution in [3.8, 4) is 17.4 Å². The number of furan rings is 1. The molecule has 0 spiro atoms. The maximum absolute atomic E-state index is 12.6. The van der Waals surface area contributed by atoms with E-state index in [1.54, 1.807) is 25.3 Å². The number of methoxy groups -OCH3 is 1. The minimum Gasteiger partial charge on any atom is -0.496 e. The number of halogens is 1. The van der Waals surface area contributed by atoms with Crippen molar-refractivity contribution in [1.29, 1.82) is 0 Å². The van der Waals surface area contributed by atoms with Gasteiger partial charge in [0.2, 0.25) is 0 Å². The molecule has 1 fully saturated rings. The molecule has 0 radical (unpaired) electrons. The number of carbonyl (C=O) groups is 1. The topological polar surface area (TPSA) is 102 Å². The molecule has 1 aromatic carbocycles. The third kappa shape index (κ3) is 4.96. The van der Waals surface area contributed by atoms with Gasteiger partial charge in [-0.05, 0) is 67.7 Å². The molecule has 9 heteroatoms. The quantitative estimate of drug-likeness (QED) is 0.608. The lowest BCUT2D eigenvalue weighted by Crippen LogP contribution is -2.23. The molecule has 1 saturated heterocycles. The third-order valence-corrected chi connectivity index (χ3v) is 4.82. The van der Waals surface area contributed by atoms with Gasteiger partial charge in [-0.3, -0.25) is 4.79 Å². The van der Waals surface area contributed by atoms with Crippen molar-refractivity contribution < 1.29 is 18.5 Å². The van der Waals surface area contributed by atoms with Gasteiger partial charge in [0.15, 0.2) is 11.6 Å². The van der Waals surface area contributed by atoms with E-state index >= 15 is 0 Å². The van der Waals surface area contributed by atoms with Crippen LogP contribution in [0.15, 0.2) is 45.5 Å². The predicted octanol–water partition coefficient (Wildman–Crippen LogP) is 2.84. The summed E-state index contributed by atoms with van der Waals surface area (Å²) >= 11 is 0. The van der Waals surface area contributed by atoms with Crippen LogP contribution < -0.4 is 15.4 Å². The highest BCUT2D eigenvalue weighted by molar-refractivity contribution is 5.94. The Bertz CT molecular complexity index is 936. The van der Waals surface area contributed by atoms with Gasteiger partial charge in [0, 0.05) is 5.56 Å². The first kappa shape index (κ1) is 20.9. The molecule has 0 bridgehead atoms. The lowest BCUT2D eigenvalue weighted by Gasteiger charge is -2.14. The monoisotopic (exact) mass is 418 g/mol. The van der Waals surface area contributed by atoms with E-state index in [-0.39, 0.29) is 30.7 Å². The molecule has 3 heterocycles. The summed E-state index contributed by atoms with van der Waals surface area (Å²) < 4.78 is 15.8. The molecule has 1 amide bonds. The number of nitrogens with one attached hydrogen (secondary N) is 2. The molecule has 2 N–H and O–H groups in total. The number of rotatable bonds is 7. The highest BCUT2D eigenvalue weighted by atomic mass is 35.5. The van der Waals surface area contributed by atoms with Crippen LogP contribution in [0.25, 0.3) is 11.7 Å². The summed E-state index contributed by atoms with van der Waals surface area (Å²) in [6.45, 7) is 2.20. The fraction of sp³-hybridized carbons (Fsp3) is 0.350. The van der Waals surface area contributed by atoms with Gasteiger partial charge in [0.05, 0.1) is 19.9 Å². The Morgan fingerprint density at radius 2 is 2.28 bits per heavy atom. The van der Waals surface area contributed by atoms with Crippen LogP contribution in [0.1, 0.15) is 28.2 Å². The summed E-state index contributed by atoms with van der Waals surface area (Å²) in [6, 6.07) is 8.97. The number of nitrogens with zero attached hydrogens (tertiary/aromatic N) is 2. The second kappa shape index (κ2) is 9.58. The third-order valence-electron chi connectivity index (χ3n) is 4.82. The smallest absolute Gasteiger partial charge is 0.293 e. The Morgan fingerprint density at radius 1 is 1.38 bits per heavy atom. The van der Waals surface area contributed by atoms with Crippen LogP contribution in [0.4, 0.5) is 0 Å². The van der Waals surface area contributed by atoms with Gasteiger partial charge in [0.25, 0.3) is 11.8 Å². The lowest BCUT2D eigenvalue weighted by atomic mass is 9.96. The normalized spacial score (nSPS) is 15.7. The molecule has 154 valence electrons.